The van der Waals surface area contributed by atoms with Crippen LogP contribution in [0.15, 0.2) is 24.3 Å². The number of fused-ring (bicyclic) bond motifs is 3. The van der Waals surface area contributed by atoms with Crippen molar-refractivity contribution in [2.24, 2.45) is 28.1 Å². The van der Waals surface area contributed by atoms with Crippen LogP contribution in [0, 0.1) is 28.1 Å². The standard InChI is InChI=1S/C20H32/c1-6-19(4)13-10-16-15(14-19)8-9-17-18(2,3)11-7-12-20(16,17)5/h6,14,16-17H,1,7-13H2,2-5H3/t16-,17?,19+,20+/m0/s1. The third-order valence-electron chi connectivity index (χ3n) is 7.19. The van der Waals surface area contributed by atoms with Crippen LogP contribution >= 0.6 is 0 Å². The lowest BCUT2D eigenvalue weighted by Gasteiger charge is -2.59. The number of rotatable bonds is 1. The fourth-order valence-electron chi connectivity index (χ4n) is 6.01. The highest BCUT2D eigenvalue weighted by atomic mass is 14.6. The molecular weight excluding hydrogens is 240 g/mol. The molecule has 3 aliphatic carbocycles. The molecule has 0 N–H and O–H groups in total. The highest BCUT2D eigenvalue weighted by Gasteiger charge is 2.54. The van der Waals surface area contributed by atoms with Crippen LogP contribution in [-0.4, -0.2) is 0 Å². The van der Waals surface area contributed by atoms with Crippen LogP contribution < -0.4 is 0 Å². The van der Waals surface area contributed by atoms with Crippen molar-refractivity contribution in [3.05, 3.63) is 24.3 Å². The van der Waals surface area contributed by atoms with Crippen molar-refractivity contribution < 1.29 is 0 Å². The third-order valence-corrected chi connectivity index (χ3v) is 7.19. The van der Waals surface area contributed by atoms with E-state index in [1.165, 1.54) is 44.9 Å². The van der Waals surface area contributed by atoms with Crippen LogP contribution in [0.1, 0.15) is 72.6 Å². The molecule has 0 aromatic rings. The van der Waals surface area contributed by atoms with Crippen LogP contribution in [0.5, 0.6) is 0 Å². The lowest BCUT2D eigenvalue weighted by Crippen LogP contribution is -2.50. The molecule has 0 radical (unpaired) electrons. The van der Waals surface area contributed by atoms with Gasteiger partial charge in [0.05, 0.1) is 0 Å². The fraction of sp³-hybridized carbons (Fsp3) is 0.800. The van der Waals surface area contributed by atoms with Gasteiger partial charge in [-0.3, -0.25) is 0 Å². The minimum absolute atomic E-state index is 0.263. The highest BCUT2D eigenvalue weighted by molar-refractivity contribution is 5.26. The summed E-state index contributed by atoms with van der Waals surface area (Å²) in [5.74, 6) is 1.79. The molecule has 0 aliphatic heterocycles. The van der Waals surface area contributed by atoms with E-state index in [-0.39, 0.29) is 5.41 Å². The van der Waals surface area contributed by atoms with Crippen molar-refractivity contribution in [2.75, 3.05) is 0 Å². The van der Waals surface area contributed by atoms with Crippen molar-refractivity contribution in [1.29, 1.82) is 0 Å². The maximum Gasteiger partial charge on any atom is 0.00330 e. The third kappa shape index (κ3) is 2.02. The summed E-state index contributed by atoms with van der Waals surface area (Å²) in [6.45, 7) is 14.1. The topological polar surface area (TPSA) is 0 Å². The highest BCUT2D eigenvalue weighted by Crippen LogP contribution is 2.63. The second kappa shape index (κ2) is 4.49. The first-order valence-corrected chi connectivity index (χ1v) is 8.66. The van der Waals surface area contributed by atoms with E-state index in [2.05, 4.69) is 46.4 Å². The van der Waals surface area contributed by atoms with Crippen LogP contribution in [0.3, 0.4) is 0 Å². The average molecular weight is 272 g/mol. The Morgan fingerprint density at radius 1 is 1.10 bits per heavy atom. The predicted molar refractivity (Wildman–Crippen MR) is 87.6 cm³/mol. The van der Waals surface area contributed by atoms with E-state index in [1.54, 1.807) is 5.57 Å². The summed E-state index contributed by atoms with van der Waals surface area (Å²) in [6, 6.07) is 0. The van der Waals surface area contributed by atoms with Gasteiger partial charge in [0, 0.05) is 5.41 Å². The van der Waals surface area contributed by atoms with Crippen molar-refractivity contribution in [3.63, 3.8) is 0 Å². The van der Waals surface area contributed by atoms with E-state index in [0.29, 0.717) is 10.8 Å². The van der Waals surface area contributed by atoms with Gasteiger partial charge in [0.2, 0.25) is 0 Å². The summed E-state index contributed by atoms with van der Waals surface area (Å²) in [7, 11) is 0. The van der Waals surface area contributed by atoms with Crippen LogP contribution in [-0.2, 0) is 0 Å². The predicted octanol–water partition coefficient (Wildman–Crippen LogP) is 6.14. The molecule has 2 saturated carbocycles. The summed E-state index contributed by atoms with van der Waals surface area (Å²) >= 11 is 0. The zero-order valence-electron chi connectivity index (χ0n) is 14.0. The maximum atomic E-state index is 4.07. The lowest BCUT2D eigenvalue weighted by atomic mass is 9.45. The van der Waals surface area contributed by atoms with Crippen molar-refractivity contribution in [3.8, 4) is 0 Å². The SMILES string of the molecule is C=C[C@@]1(C)C=C2CCC3C(C)(C)CCC[C@]3(C)[C@H]2CC1. The molecule has 2 fully saturated rings. The molecule has 20 heavy (non-hydrogen) atoms. The first-order valence-electron chi connectivity index (χ1n) is 8.66. The normalized spacial score (nSPS) is 46.9. The van der Waals surface area contributed by atoms with Gasteiger partial charge in [-0.05, 0) is 61.2 Å². The van der Waals surface area contributed by atoms with Gasteiger partial charge in [0.15, 0.2) is 0 Å². The zero-order valence-corrected chi connectivity index (χ0v) is 14.0. The zero-order chi connectivity index (χ0) is 14.6. The summed E-state index contributed by atoms with van der Waals surface area (Å²) < 4.78 is 0. The molecule has 0 saturated heterocycles. The van der Waals surface area contributed by atoms with Gasteiger partial charge in [-0.15, -0.1) is 6.58 Å². The van der Waals surface area contributed by atoms with Gasteiger partial charge < -0.3 is 0 Å². The minimum atomic E-state index is 0.263. The van der Waals surface area contributed by atoms with E-state index < -0.39 is 0 Å². The Balaban J connectivity index is 1.97. The van der Waals surface area contributed by atoms with E-state index in [9.17, 15) is 0 Å². The first kappa shape index (κ1) is 14.4. The lowest BCUT2D eigenvalue weighted by molar-refractivity contribution is -0.0587. The van der Waals surface area contributed by atoms with E-state index in [4.69, 9.17) is 0 Å². The summed E-state index contributed by atoms with van der Waals surface area (Å²) in [6.07, 6.45) is 14.5. The molecule has 0 amide bonds. The van der Waals surface area contributed by atoms with Gasteiger partial charge in [-0.25, -0.2) is 0 Å². The molecule has 0 aromatic carbocycles. The summed E-state index contributed by atoms with van der Waals surface area (Å²) in [5, 5.41) is 0. The number of allylic oxidation sites excluding steroid dienone is 3. The Kier molecular flexibility index (Phi) is 3.23. The Morgan fingerprint density at radius 3 is 2.55 bits per heavy atom. The second-order valence-electron chi connectivity index (χ2n) is 8.96. The smallest absolute Gasteiger partial charge is 0.00330 e. The minimum Gasteiger partial charge on any atom is -0.102 e. The molecule has 3 rings (SSSR count). The molecule has 0 aromatic heterocycles. The molecular formula is C20H32. The Morgan fingerprint density at radius 2 is 1.85 bits per heavy atom. The van der Waals surface area contributed by atoms with Gasteiger partial charge in [-0.1, -0.05) is 51.8 Å². The first-order chi connectivity index (χ1) is 9.31. The molecule has 0 bridgehead atoms. The average Bonchev–Trinajstić information content (AvgIpc) is 2.37. The Hall–Kier alpha value is -0.520. The van der Waals surface area contributed by atoms with Crippen molar-refractivity contribution >= 4 is 0 Å². The molecule has 112 valence electrons. The Bertz CT molecular complexity index is 441. The molecule has 1 unspecified atom stereocenters. The molecule has 0 spiro atoms. The van der Waals surface area contributed by atoms with Crippen molar-refractivity contribution in [2.45, 2.75) is 72.6 Å². The van der Waals surface area contributed by atoms with E-state index in [0.717, 1.165) is 11.8 Å². The van der Waals surface area contributed by atoms with Crippen LogP contribution in [0.25, 0.3) is 0 Å². The second-order valence-corrected chi connectivity index (χ2v) is 8.96. The van der Waals surface area contributed by atoms with Crippen LogP contribution in [0.4, 0.5) is 0 Å². The fourth-order valence-corrected chi connectivity index (χ4v) is 6.01. The Labute approximate surface area is 125 Å². The summed E-state index contributed by atoms with van der Waals surface area (Å²) in [5.41, 5.74) is 3.15. The maximum absolute atomic E-state index is 4.07. The van der Waals surface area contributed by atoms with Gasteiger partial charge in [0.1, 0.15) is 0 Å². The molecule has 0 heteroatoms. The van der Waals surface area contributed by atoms with Crippen molar-refractivity contribution in [1.82, 2.24) is 0 Å². The van der Waals surface area contributed by atoms with Gasteiger partial charge >= 0.3 is 0 Å². The molecule has 0 nitrogen and oxygen atoms in total. The number of hydrogen-bond acceptors (Lipinski definition) is 0. The van der Waals surface area contributed by atoms with Crippen LogP contribution in [0.2, 0.25) is 0 Å². The van der Waals surface area contributed by atoms with Gasteiger partial charge in [0.25, 0.3) is 0 Å². The molecule has 4 atom stereocenters. The largest absolute Gasteiger partial charge is 0.102 e. The quantitative estimate of drug-likeness (QED) is 0.503. The summed E-state index contributed by atoms with van der Waals surface area (Å²) in [4.78, 5) is 0. The molecule has 0 heterocycles. The van der Waals surface area contributed by atoms with Gasteiger partial charge in [-0.2, -0.15) is 0 Å². The molecule has 3 aliphatic rings. The number of hydrogen-bond donors (Lipinski definition) is 0. The van der Waals surface area contributed by atoms with E-state index in [1.807, 2.05) is 0 Å². The van der Waals surface area contributed by atoms with E-state index >= 15 is 0 Å². The monoisotopic (exact) mass is 272 g/mol.